The third-order valence-corrected chi connectivity index (χ3v) is 4.42. The SMILES string of the molecule is CCCNC(=O)c1c(C)[nH]c(C=C2c3cc(F)ccc3NC2O)c1C. The minimum absolute atomic E-state index is 0.116. The van der Waals surface area contributed by atoms with E-state index in [0.717, 1.165) is 23.4 Å². The molecule has 6 heteroatoms. The van der Waals surface area contributed by atoms with Crippen molar-refractivity contribution < 1.29 is 14.3 Å². The summed E-state index contributed by atoms with van der Waals surface area (Å²) in [4.78, 5) is 15.5. The Kier molecular flexibility index (Phi) is 4.63. The zero-order valence-corrected chi connectivity index (χ0v) is 14.5. The number of aromatic amines is 1. The fraction of sp³-hybridized carbons (Fsp3) is 0.316. The molecule has 5 nitrogen and oxygen atoms in total. The van der Waals surface area contributed by atoms with Crippen LogP contribution in [0.3, 0.4) is 0 Å². The van der Waals surface area contributed by atoms with E-state index in [1.165, 1.54) is 12.1 Å². The van der Waals surface area contributed by atoms with Crippen LogP contribution in [0.25, 0.3) is 11.6 Å². The van der Waals surface area contributed by atoms with Crippen LogP contribution in [0, 0.1) is 19.7 Å². The molecule has 132 valence electrons. The summed E-state index contributed by atoms with van der Waals surface area (Å²) in [5, 5.41) is 16.1. The van der Waals surface area contributed by atoms with Gasteiger partial charge in [-0.05, 0) is 50.1 Å². The van der Waals surface area contributed by atoms with Gasteiger partial charge in [0, 0.05) is 34.8 Å². The summed E-state index contributed by atoms with van der Waals surface area (Å²) in [5.74, 6) is -0.478. The average molecular weight is 343 g/mol. The first-order valence-corrected chi connectivity index (χ1v) is 8.35. The van der Waals surface area contributed by atoms with E-state index in [-0.39, 0.29) is 11.7 Å². The summed E-state index contributed by atoms with van der Waals surface area (Å²) >= 11 is 0. The Labute approximate surface area is 146 Å². The van der Waals surface area contributed by atoms with Crippen LogP contribution in [0.4, 0.5) is 10.1 Å². The van der Waals surface area contributed by atoms with Crippen LogP contribution in [-0.4, -0.2) is 28.8 Å². The Morgan fingerprint density at radius 2 is 2.16 bits per heavy atom. The van der Waals surface area contributed by atoms with Gasteiger partial charge in [-0.3, -0.25) is 4.79 Å². The topological polar surface area (TPSA) is 77.2 Å². The summed E-state index contributed by atoms with van der Waals surface area (Å²) < 4.78 is 13.6. The first-order valence-electron chi connectivity index (χ1n) is 8.35. The number of carbonyl (C=O) groups excluding carboxylic acids is 1. The Morgan fingerprint density at radius 1 is 1.40 bits per heavy atom. The van der Waals surface area contributed by atoms with Crippen molar-refractivity contribution >= 4 is 23.2 Å². The van der Waals surface area contributed by atoms with Crippen molar-refractivity contribution in [2.75, 3.05) is 11.9 Å². The van der Waals surface area contributed by atoms with Crippen molar-refractivity contribution in [2.24, 2.45) is 0 Å². The highest BCUT2D eigenvalue weighted by Crippen LogP contribution is 2.36. The Balaban J connectivity index is 2.00. The number of aromatic nitrogens is 1. The van der Waals surface area contributed by atoms with Gasteiger partial charge in [-0.1, -0.05) is 6.92 Å². The van der Waals surface area contributed by atoms with E-state index in [2.05, 4.69) is 15.6 Å². The molecule has 1 unspecified atom stereocenters. The van der Waals surface area contributed by atoms with E-state index >= 15 is 0 Å². The molecule has 0 bridgehead atoms. The van der Waals surface area contributed by atoms with Gasteiger partial charge in [-0.15, -0.1) is 0 Å². The fourth-order valence-corrected chi connectivity index (χ4v) is 3.15. The average Bonchev–Trinajstić information content (AvgIpc) is 3.02. The summed E-state index contributed by atoms with van der Waals surface area (Å²) in [6.45, 7) is 6.32. The Morgan fingerprint density at radius 3 is 2.88 bits per heavy atom. The second kappa shape index (κ2) is 6.72. The third-order valence-electron chi connectivity index (χ3n) is 4.42. The van der Waals surface area contributed by atoms with Gasteiger partial charge in [0.05, 0.1) is 5.56 Å². The number of aryl methyl sites for hydroxylation is 1. The second-order valence-corrected chi connectivity index (χ2v) is 6.26. The molecule has 1 atom stereocenters. The van der Waals surface area contributed by atoms with Crippen LogP contribution in [0.2, 0.25) is 0 Å². The number of H-pyrrole nitrogens is 1. The molecule has 0 saturated carbocycles. The van der Waals surface area contributed by atoms with E-state index in [9.17, 15) is 14.3 Å². The molecule has 0 radical (unpaired) electrons. The van der Waals surface area contributed by atoms with Crippen molar-refractivity contribution in [3.05, 3.63) is 52.1 Å². The lowest BCUT2D eigenvalue weighted by Gasteiger charge is -2.06. The molecule has 0 saturated heterocycles. The van der Waals surface area contributed by atoms with Crippen LogP contribution >= 0.6 is 0 Å². The zero-order chi connectivity index (χ0) is 18.1. The molecule has 2 heterocycles. The molecule has 0 spiro atoms. The van der Waals surface area contributed by atoms with E-state index < -0.39 is 6.23 Å². The summed E-state index contributed by atoms with van der Waals surface area (Å²) in [6.07, 6.45) is 1.71. The number of hydrogen-bond donors (Lipinski definition) is 4. The van der Waals surface area contributed by atoms with E-state index in [1.807, 2.05) is 20.8 Å². The lowest BCUT2D eigenvalue weighted by molar-refractivity contribution is 0.0952. The quantitative estimate of drug-likeness (QED) is 0.688. The predicted octanol–water partition coefficient (Wildman–Crippen LogP) is 3.19. The minimum Gasteiger partial charge on any atom is -0.369 e. The van der Waals surface area contributed by atoms with Crippen LogP contribution < -0.4 is 10.6 Å². The molecule has 1 aromatic heterocycles. The number of hydrogen-bond acceptors (Lipinski definition) is 3. The van der Waals surface area contributed by atoms with Crippen LogP contribution in [0.1, 0.15) is 46.2 Å². The standard InChI is InChI=1S/C19H22FN3O2/c1-4-7-21-19(25)17-10(2)16(22-11(17)3)9-14-13-8-12(20)5-6-15(13)23-18(14)24/h5-6,8-9,18,22-24H,4,7H2,1-3H3,(H,21,25). The monoisotopic (exact) mass is 343 g/mol. The predicted molar refractivity (Wildman–Crippen MR) is 96.8 cm³/mol. The summed E-state index contributed by atoms with van der Waals surface area (Å²) in [7, 11) is 0. The van der Waals surface area contributed by atoms with Gasteiger partial charge in [-0.2, -0.15) is 0 Å². The molecule has 0 aliphatic carbocycles. The van der Waals surface area contributed by atoms with E-state index in [1.54, 1.807) is 12.1 Å². The van der Waals surface area contributed by atoms with Gasteiger partial charge >= 0.3 is 0 Å². The highest BCUT2D eigenvalue weighted by molar-refractivity contribution is 5.99. The van der Waals surface area contributed by atoms with Crippen LogP contribution in [-0.2, 0) is 0 Å². The lowest BCUT2D eigenvalue weighted by atomic mass is 10.0. The number of halogens is 1. The molecular formula is C19H22FN3O2. The molecule has 3 rings (SSSR count). The number of anilines is 1. The molecule has 2 aromatic rings. The number of amides is 1. The normalized spacial score (nSPS) is 17.5. The van der Waals surface area contributed by atoms with Crippen molar-refractivity contribution in [1.29, 1.82) is 0 Å². The number of aliphatic hydroxyl groups excluding tert-OH is 1. The molecule has 1 aliphatic heterocycles. The maximum atomic E-state index is 13.6. The summed E-state index contributed by atoms with van der Waals surface area (Å²) in [5.41, 5.74) is 4.78. The minimum atomic E-state index is -0.919. The van der Waals surface area contributed by atoms with Gasteiger partial charge in [0.2, 0.25) is 0 Å². The van der Waals surface area contributed by atoms with Gasteiger partial charge in [0.15, 0.2) is 6.23 Å². The van der Waals surface area contributed by atoms with Crippen molar-refractivity contribution in [3.63, 3.8) is 0 Å². The lowest BCUT2D eigenvalue weighted by Crippen LogP contribution is -2.24. The third kappa shape index (κ3) is 3.17. The highest BCUT2D eigenvalue weighted by atomic mass is 19.1. The second-order valence-electron chi connectivity index (χ2n) is 6.26. The summed E-state index contributed by atoms with van der Waals surface area (Å²) in [6, 6.07) is 4.34. The number of benzene rings is 1. The number of carbonyl (C=O) groups is 1. The molecule has 1 aromatic carbocycles. The smallest absolute Gasteiger partial charge is 0.253 e. The maximum absolute atomic E-state index is 13.6. The first kappa shape index (κ1) is 17.2. The Hall–Kier alpha value is -2.60. The first-order chi connectivity index (χ1) is 11.9. The van der Waals surface area contributed by atoms with Crippen molar-refractivity contribution in [2.45, 2.75) is 33.4 Å². The maximum Gasteiger partial charge on any atom is 0.253 e. The van der Waals surface area contributed by atoms with E-state index in [0.29, 0.717) is 28.9 Å². The Bertz CT molecular complexity index is 855. The van der Waals surface area contributed by atoms with Crippen LogP contribution in [0.5, 0.6) is 0 Å². The number of nitrogens with one attached hydrogen (secondary N) is 3. The molecule has 0 fully saturated rings. The van der Waals surface area contributed by atoms with Crippen molar-refractivity contribution in [1.82, 2.24) is 10.3 Å². The molecule has 1 aliphatic rings. The number of fused-ring (bicyclic) bond motifs is 1. The number of rotatable bonds is 4. The van der Waals surface area contributed by atoms with Gasteiger partial charge in [-0.25, -0.2) is 4.39 Å². The van der Waals surface area contributed by atoms with Crippen LogP contribution in [0.15, 0.2) is 18.2 Å². The number of aliphatic hydroxyl groups is 1. The molecular weight excluding hydrogens is 321 g/mol. The van der Waals surface area contributed by atoms with E-state index in [4.69, 9.17) is 0 Å². The molecule has 25 heavy (non-hydrogen) atoms. The molecule has 4 N–H and O–H groups in total. The molecule has 1 amide bonds. The van der Waals surface area contributed by atoms with Crippen molar-refractivity contribution in [3.8, 4) is 0 Å². The van der Waals surface area contributed by atoms with Gasteiger partial charge in [0.25, 0.3) is 5.91 Å². The zero-order valence-electron chi connectivity index (χ0n) is 14.5. The highest BCUT2D eigenvalue weighted by Gasteiger charge is 2.26. The van der Waals surface area contributed by atoms with Gasteiger partial charge in [0.1, 0.15) is 5.82 Å². The fourth-order valence-electron chi connectivity index (χ4n) is 3.15. The largest absolute Gasteiger partial charge is 0.369 e. The van der Waals surface area contributed by atoms with Gasteiger partial charge < -0.3 is 20.7 Å².